The van der Waals surface area contributed by atoms with Crippen LogP contribution in [0, 0.1) is 5.82 Å². The first-order valence-corrected chi connectivity index (χ1v) is 3.92. The third-order valence-corrected chi connectivity index (χ3v) is 2.13. The molecule has 1 aromatic rings. The van der Waals surface area contributed by atoms with E-state index in [1.807, 2.05) is 14.0 Å². The Kier molecular flexibility index (Phi) is 1.46. The SMILES string of the molecule is CC1N=[N+](C)c2ccc(F)cc21. The molecule has 0 amide bonds. The first kappa shape index (κ1) is 7.40. The zero-order chi connectivity index (χ0) is 8.72. The molecular weight excluding hydrogens is 155 g/mol. The van der Waals surface area contributed by atoms with E-state index in [4.69, 9.17) is 0 Å². The van der Waals surface area contributed by atoms with E-state index in [0.717, 1.165) is 11.3 Å². The molecule has 0 fully saturated rings. The zero-order valence-corrected chi connectivity index (χ0v) is 7.08. The number of hydrogen-bond donors (Lipinski definition) is 0. The number of halogens is 1. The van der Waals surface area contributed by atoms with Crippen LogP contribution in [-0.4, -0.2) is 11.7 Å². The van der Waals surface area contributed by atoms with Crippen LogP contribution in [0.4, 0.5) is 10.1 Å². The van der Waals surface area contributed by atoms with Crippen LogP contribution in [0.25, 0.3) is 0 Å². The van der Waals surface area contributed by atoms with E-state index in [1.54, 1.807) is 16.8 Å². The van der Waals surface area contributed by atoms with Gasteiger partial charge in [-0.15, -0.1) is 0 Å². The molecule has 0 saturated carbocycles. The lowest BCUT2D eigenvalue weighted by molar-refractivity contribution is -0.477. The van der Waals surface area contributed by atoms with E-state index in [0.29, 0.717) is 0 Å². The van der Waals surface area contributed by atoms with Crippen LogP contribution in [0.3, 0.4) is 0 Å². The quantitative estimate of drug-likeness (QED) is 0.525. The van der Waals surface area contributed by atoms with Crippen molar-refractivity contribution < 1.29 is 9.09 Å². The van der Waals surface area contributed by atoms with Crippen molar-refractivity contribution >= 4 is 5.69 Å². The van der Waals surface area contributed by atoms with Gasteiger partial charge in [0.05, 0.1) is 5.56 Å². The largest absolute Gasteiger partial charge is 0.237 e. The van der Waals surface area contributed by atoms with Crippen LogP contribution < -0.4 is 0 Å². The second-order valence-electron chi connectivity index (χ2n) is 3.02. The molecule has 0 N–H and O–H groups in total. The average Bonchev–Trinajstić information content (AvgIpc) is 2.28. The number of azo groups is 2. The standard InChI is InChI=1S/C9H10FN2/c1-6-8-5-7(10)3-4-9(8)12(2)11-6/h3-6H,1-2H3/q+1. The van der Waals surface area contributed by atoms with Crippen LogP contribution in [-0.2, 0) is 0 Å². The number of nitrogens with zero attached hydrogens (tertiary/aromatic N) is 2. The Bertz CT molecular complexity index is 358. The van der Waals surface area contributed by atoms with Crippen molar-refractivity contribution in [1.82, 2.24) is 0 Å². The van der Waals surface area contributed by atoms with E-state index >= 15 is 0 Å². The van der Waals surface area contributed by atoms with Gasteiger partial charge in [0, 0.05) is 6.07 Å². The summed E-state index contributed by atoms with van der Waals surface area (Å²) in [6.45, 7) is 1.96. The monoisotopic (exact) mass is 165 g/mol. The van der Waals surface area contributed by atoms with Crippen LogP contribution in [0.5, 0.6) is 0 Å². The Labute approximate surface area is 70.3 Å². The summed E-state index contributed by atoms with van der Waals surface area (Å²) in [4.78, 5) is 0. The van der Waals surface area contributed by atoms with Gasteiger partial charge in [-0.05, 0) is 24.2 Å². The molecule has 0 bridgehead atoms. The first-order chi connectivity index (χ1) is 5.68. The topological polar surface area (TPSA) is 15.4 Å². The summed E-state index contributed by atoms with van der Waals surface area (Å²) in [5.74, 6) is -0.189. The predicted octanol–water partition coefficient (Wildman–Crippen LogP) is 2.63. The maximum Gasteiger partial charge on any atom is 0.237 e. The third kappa shape index (κ3) is 0.932. The first-order valence-electron chi connectivity index (χ1n) is 3.92. The molecule has 1 aliphatic rings. The Morgan fingerprint density at radius 3 is 3.00 bits per heavy atom. The van der Waals surface area contributed by atoms with Crippen molar-refractivity contribution in [3.05, 3.63) is 29.6 Å². The van der Waals surface area contributed by atoms with E-state index in [1.165, 1.54) is 6.07 Å². The Hall–Kier alpha value is -1.25. The summed E-state index contributed by atoms with van der Waals surface area (Å²) >= 11 is 0. The number of hydrogen-bond acceptors (Lipinski definition) is 1. The number of fused-ring (bicyclic) bond motifs is 1. The van der Waals surface area contributed by atoms with E-state index < -0.39 is 0 Å². The molecule has 0 radical (unpaired) electrons. The fourth-order valence-corrected chi connectivity index (χ4v) is 1.54. The molecule has 1 unspecified atom stereocenters. The van der Waals surface area contributed by atoms with Crippen molar-refractivity contribution in [3.63, 3.8) is 0 Å². The summed E-state index contributed by atoms with van der Waals surface area (Å²) in [6, 6.07) is 4.86. The molecule has 0 aliphatic carbocycles. The molecular formula is C9H10FN2+. The van der Waals surface area contributed by atoms with Crippen molar-refractivity contribution in [2.45, 2.75) is 13.0 Å². The predicted molar refractivity (Wildman–Crippen MR) is 43.1 cm³/mol. The summed E-state index contributed by atoms with van der Waals surface area (Å²) < 4.78 is 14.6. The van der Waals surface area contributed by atoms with E-state index in [2.05, 4.69) is 5.11 Å². The second-order valence-corrected chi connectivity index (χ2v) is 3.02. The van der Waals surface area contributed by atoms with Crippen LogP contribution in [0.1, 0.15) is 18.5 Å². The maximum atomic E-state index is 12.8. The van der Waals surface area contributed by atoms with Crippen molar-refractivity contribution in [3.8, 4) is 0 Å². The molecule has 3 heteroatoms. The summed E-state index contributed by atoms with van der Waals surface area (Å²) in [5, 5.41) is 4.26. The minimum absolute atomic E-state index is 0.0840. The van der Waals surface area contributed by atoms with Gasteiger partial charge in [0.2, 0.25) is 5.69 Å². The van der Waals surface area contributed by atoms with Gasteiger partial charge < -0.3 is 0 Å². The minimum Gasteiger partial charge on any atom is -0.207 e. The lowest BCUT2D eigenvalue weighted by Gasteiger charge is -1.94. The van der Waals surface area contributed by atoms with E-state index in [-0.39, 0.29) is 11.9 Å². The smallest absolute Gasteiger partial charge is 0.207 e. The number of benzene rings is 1. The molecule has 0 saturated heterocycles. The number of rotatable bonds is 0. The summed E-state index contributed by atoms with van der Waals surface area (Å²) in [7, 11) is 1.88. The molecule has 2 nitrogen and oxygen atoms in total. The fourth-order valence-electron chi connectivity index (χ4n) is 1.54. The highest BCUT2D eigenvalue weighted by Gasteiger charge is 2.26. The van der Waals surface area contributed by atoms with Gasteiger partial charge in [-0.1, -0.05) is 4.70 Å². The fraction of sp³-hybridized carbons (Fsp3) is 0.333. The third-order valence-electron chi connectivity index (χ3n) is 2.13. The average molecular weight is 165 g/mol. The molecule has 0 spiro atoms. The molecule has 2 rings (SSSR count). The maximum absolute atomic E-state index is 12.8. The summed E-state index contributed by atoms with van der Waals surface area (Å²) in [6.07, 6.45) is 0. The van der Waals surface area contributed by atoms with Gasteiger partial charge in [0.25, 0.3) is 0 Å². The second kappa shape index (κ2) is 2.37. The molecule has 1 heterocycles. The lowest BCUT2D eigenvalue weighted by atomic mass is 10.1. The van der Waals surface area contributed by atoms with Crippen LogP contribution in [0.2, 0.25) is 0 Å². The zero-order valence-electron chi connectivity index (χ0n) is 7.08. The summed E-state index contributed by atoms with van der Waals surface area (Å²) in [5.41, 5.74) is 1.97. The Morgan fingerprint density at radius 1 is 1.50 bits per heavy atom. The van der Waals surface area contributed by atoms with Crippen LogP contribution >= 0.6 is 0 Å². The van der Waals surface area contributed by atoms with Crippen molar-refractivity contribution in [2.24, 2.45) is 5.11 Å². The minimum atomic E-state index is -0.189. The van der Waals surface area contributed by atoms with Crippen LogP contribution in [0.15, 0.2) is 23.3 Å². The van der Waals surface area contributed by atoms with Gasteiger partial charge >= 0.3 is 0 Å². The highest BCUT2D eigenvalue weighted by Crippen LogP contribution is 2.33. The van der Waals surface area contributed by atoms with Gasteiger partial charge in [-0.3, -0.25) is 0 Å². The van der Waals surface area contributed by atoms with Crippen molar-refractivity contribution in [2.75, 3.05) is 7.05 Å². The Balaban J connectivity index is 2.61. The molecule has 1 aromatic carbocycles. The molecule has 62 valence electrons. The Morgan fingerprint density at radius 2 is 2.25 bits per heavy atom. The lowest BCUT2D eigenvalue weighted by Crippen LogP contribution is -1.89. The van der Waals surface area contributed by atoms with Gasteiger partial charge in [0.1, 0.15) is 11.9 Å². The van der Waals surface area contributed by atoms with Gasteiger partial charge in [-0.2, -0.15) is 0 Å². The highest BCUT2D eigenvalue weighted by molar-refractivity contribution is 5.43. The van der Waals surface area contributed by atoms with Crippen molar-refractivity contribution in [1.29, 1.82) is 0 Å². The van der Waals surface area contributed by atoms with E-state index in [9.17, 15) is 4.39 Å². The molecule has 1 aliphatic heterocycles. The highest BCUT2D eigenvalue weighted by atomic mass is 19.1. The molecule has 12 heavy (non-hydrogen) atoms. The molecule has 0 aromatic heterocycles. The normalized spacial score (nSPS) is 20.6. The molecule has 1 atom stereocenters. The van der Waals surface area contributed by atoms with Gasteiger partial charge in [0.15, 0.2) is 7.05 Å². The van der Waals surface area contributed by atoms with Gasteiger partial charge in [-0.25, -0.2) is 4.39 Å².